The molecule has 0 bridgehead atoms. The molecule has 0 N–H and O–H groups in total. The van der Waals surface area contributed by atoms with Crippen LogP contribution >= 0.6 is 0 Å². The van der Waals surface area contributed by atoms with Crippen LogP contribution in [0, 0.1) is 5.92 Å². The highest BCUT2D eigenvalue weighted by atomic mass is 15.1. The minimum Gasteiger partial charge on any atom is -0.303 e. The van der Waals surface area contributed by atoms with E-state index >= 15 is 0 Å². The molecule has 0 unspecified atom stereocenters. The lowest BCUT2D eigenvalue weighted by Gasteiger charge is -2.29. The molecule has 0 aliphatic carbocycles. The van der Waals surface area contributed by atoms with Crippen molar-refractivity contribution in [2.75, 3.05) is 19.6 Å². The van der Waals surface area contributed by atoms with Crippen LogP contribution in [0.5, 0.6) is 0 Å². The maximum absolute atomic E-state index is 2.58. The predicted octanol–water partition coefficient (Wildman–Crippen LogP) is 3.54. The van der Waals surface area contributed by atoms with Crippen molar-refractivity contribution in [3.63, 3.8) is 0 Å². The topological polar surface area (TPSA) is 3.24 Å². The van der Waals surface area contributed by atoms with Crippen molar-refractivity contribution in [3.8, 4) is 0 Å². The van der Waals surface area contributed by atoms with Crippen molar-refractivity contribution < 1.29 is 0 Å². The maximum atomic E-state index is 2.58. The lowest BCUT2D eigenvalue weighted by Crippen LogP contribution is -2.33. The van der Waals surface area contributed by atoms with Crippen LogP contribution in [0.4, 0.5) is 0 Å². The van der Waals surface area contributed by atoms with Gasteiger partial charge in [0.1, 0.15) is 0 Å². The summed E-state index contributed by atoms with van der Waals surface area (Å²) in [6, 6.07) is 0. The molecule has 1 saturated heterocycles. The molecular weight excluding hydrogens is 158 g/mol. The molecule has 1 heterocycles. The van der Waals surface area contributed by atoms with Crippen LogP contribution in [0.25, 0.3) is 0 Å². The van der Waals surface area contributed by atoms with Crippen molar-refractivity contribution in [1.29, 1.82) is 0 Å². The number of hydrogen-bond donors (Lipinski definition) is 0. The second-order valence-corrected chi connectivity index (χ2v) is 4.23. The molecule has 0 atom stereocenters. The van der Waals surface area contributed by atoms with Gasteiger partial charge in [-0.15, -0.1) is 0 Å². The van der Waals surface area contributed by atoms with Gasteiger partial charge in [0.25, 0.3) is 0 Å². The quantitative estimate of drug-likeness (QED) is 0.636. The van der Waals surface area contributed by atoms with E-state index in [4.69, 9.17) is 0 Å². The molecule has 0 amide bonds. The summed E-state index contributed by atoms with van der Waals surface area (Å²) in [6.45, 7) is 12.9. The van der Waals surface area contributed by atoms with Gasteiger partial charge in [-0.25, -0.2) is 0 Å². The Morgan fingerprint density at radius 3 is 1.92 bits per heavy atom. The third-order valence-corrected chi connectivity index (χ3v) is 2.42. The summed E-state index contributed by atoms with van der Waals surface area (Å²) in [4.78, 5) is 2.58. The SMILES string of the molecule is CCC.CCCN1CCC(C)CC1. The highest BCUT2D eigenvalue weighted by Crippen LogP contribution is 2.15. The molecule has 1 nitrogen and oxygen atoms in total. The summed E-state index contributed by atoms with van der Waals surface area (Å²) < 4.78 is 0. The zero-order chi connectivity index (χ0) is 10.1. The van der Waals surface area contributed by atoms with Crippen LogP contribution < -0.4 is 0 Å². The average molecular weight is 185 g/mol. The van der Waals surface area contributed by atoms with Crippen molar-refractivity contribution in [3.05, 3.63) is 0 Å². The molecule has 1 fully saturated rings. The predicted molar refractivity (Wildman–Crippen MR) is 61.1 cm³/mol. The van der Waals surface area contributed by atoms with E-state index in [0.717, 1.165) is 5.92 Å². The van der Waals surface area contributed by atoms with Crippen molar-refractivity contribution in [2.45, 2.75) is 53.4 Å². The maximum Gasteiger partial charge on any atom is -0.00162 e. The smallest absolute Gasteiger partial charge is 0.00162 e. The Hall–Kier alpha value is -0.0400. The number of piperidine rings is 1. The summed E-state index contributed by atoms with van der Waals surface area (Å²) in [5.41, 5.74) is 0. The number of hydrogen-bond acceptors (Lipinski definition) is 1. The van der Waals surface area contributed by atoms with Crippen LogP contribution in [0.1, 0.15) is 53.4 Å². The van der Waals surface area contributed by atoms with Crippen LogP contribution in [0.2, 0.25) is 0 Å². The van der Waals surface area contributed by atoms with E-state index in [9.17, 15) is 0 Å². The number of nitrogens with zero attached hydrogens (tertiary/aromatic N) is 1. The molecule has 13 heavy (non-hydrogen) atoms. The fraction of sp³-hybridized carbons (Fsp3) is 1.00. The highest BCUT2D eigenvalue weighted by molar-refractivity contribution is 4.68. The first kappa shape index (κ1) is 13.0. The number of likely N-dealkylation sites (tertiary alicyclic amines) is 1. The molecule has 1 heteroatoms. The van der Waals surface area contributed by atoms with Gasteiger partial charge in [0.2, 0.25) is 0 Å². The monoisotopic (exact) mass is 185 g/mol. The summed E-state index contributed by atoms with van der Waals surface area (Å²) in [7, 11) is 0. The van der Waals surface area contributed by atoms with Crippen LogP contribution in [-0.2, 0) is 0 Å². The van der Waals surface area contributed by atoms with Crippen LogP contribution in [-0.4, -0.2) is 24.5 Å². The third kappa shape index (κ3) is 7.06. The molecule has 0 aromatic heterocycles. The summed E-state index contributed by atoms with van der Waals surface area (Å²) >= 11 is 0. The first-order valence-corrected chi connectivity index (χ1v) is 5.96. The first-order chi connectivity index (χ1) is 6.24. The van der Waals surface area contributed by atoms with Gasteiger partial charge in [-0.3, -0.25) is 0 Å². The Morgan fingerprint density at radius 1 is 1.08 bits per heavy atom. The van der Waals surface area contributed by atoms with Crippen molar-refractivity contribution in [2.24, 2.45) is 5.92 Å². The second kappa shape index (κ2) is 8.55. The third-order valence-electron chi connectivity index (χ3n) is 2.42. The van der Waals surface area contributed by atoms with Crippen LogP contribution in [0.15, 0.2) is 0 Å². The minimum absolute atomic E-state index is 0.980. The lowest BCUT2D eigenvalue weighted by atomic mass is 9.99. The summed E-state index contributed by atoms with van der Waals surface area (Å²) in [5.74, 6) is 0.980. The van der Waals surface area contributed by atoms with E-state index in [1.165, 1.54) is 45.3 Å². The van der Waals surface area contributed by atoms with Gasteiger partial charge in [0, 0.05) is 0 Å². The van der Waals surface area contributed by atoms with E-state index in [0.29, 0.717) is 0 Å². The molecule has 1 aliphatic heterocycles. The molecule has 0 radical (unpaired) electrons. The standard InChI is InChI=1S/C9H19N.C3H8/c1-3-6-10-7-4-9(2)5-8-10;1-3-2/h9H,3-8H2,1-2H3;3H2,1-2H3. The van der Waals surface area contributed by atoms with Crippen LogP contribution in [0.3, 0.4) is 0 Å². The zero-order valence-electron chi connectivity index (χ0n) is 9.97. The molecule has 1 rings (SSSR count). The normalized spacial score (nSPS) is 19.4. The van der Waals surface area contributed by atoms with E-state index in [1.807, 2.05) is 0 Å². The van der Waals surface area contributed by atoms with E-state index in [2.05, 4.69) is 32.6 Å². The summed E-state index contributed by atoms with van der Waals surface area (Å²) in [5, 5.41) is 0. The lowest BCUT2D eigenvalue weighted by molar-refractivity contribution is 0.193. The van der Waals surface area contributed by atoms with Gasteiger partial charge < -0.3 is 4.90 Å². The Labute approximate surface area is 84.5 Å². The van der Waals surface area contributed by atoms with Gasteiger partial charge in [-0.05, 0) is 44.8 Å². The van der Waals surface area contributed by atoms with E-state index in [-0.39, 0.29) is 0 Å². The fourth-order valence-corrected chi connectivity index (χ4v) is 1.60. The zero-order valence-corrected chi connectivity index (χ0v) is 9.97. The van der Waals surface area contributed by atoms with Crippen molar-refractivity contribution >= 4 is 0 Å². The van der Waals surface area contributed by atoms with Gasteiger partial charge in [-0.2, -0.15) is 0 Å². The van der Waals surface area contributed by atoms with Gasteiger partial charge in [0.05, 0.1) is 0 Å². The average Bonchev–Trinajstić information content (AvgIpc) is 2.11. The minimum atomic E-state index is 0.980. The Kier molecular flexibility index (Phi) is 8.53. The number of rotatable bonds is 2. The van der Waals surface area contributed by atoms with Gasteiger partial charge in [-0.1, -0.05) is 34.1 Å². The van der Waals surface area contributed by atoms with Crippen molar-refractivity contribution in [1.82, 2.24) is 4.90 Å². The molecule has 0 spiro atoms. The van der Waals surface area contributed by atoms with E-state index in [1.54, 1.807) is 0 Å². The largest absolute Gasteiger partial charge is 0.303 e. The Bertz CT molecular complexity index is 93.3. The highest BCUT2D eigenvalue weighted by Gasteiger charge is 2.13. The molecular formula is C12H27N. The molecule has 0 aromatic rings. The Balaban J connectivity index is 0.000000424. The fourth-order valence-electron chi connectivity index (χ4n) is 1.60. The second-order valence-electron chi connectivity index (χ2n) is 4.23. The molecule has 80 valence electrons. The first-order valence-electron chi connectivity index (χ1n) is 5.96. The molecule has 0 saturated carbocycles. The van der Waals surface area contributed by atoms with Gasteiger partial charge in [0.15, 0.2) is 0 Å². The van der Waals surface area contributed by atoms with Gasteiger partial charge >= 0.3 is 0 Å². The molecule has 1 aliphatic rings. The summed E-state index contributed by atoms with van der Waals surface area (Å²) in [6.07, 6.45) is 5.40. The Morgan fingerprint density at radius 2 is 1.54 bits per heavy atom. The van der Waals surface area contributed by atoms with E-state index < -0.39 is 0 Å². The molecule has 0 aromatic carbocycles.